The molecule has 2 aliphatic rings. The zero-order valence-electron chi connectivity index (χ0n) is 18.6. The lowest BCUT2D eigenvalue weighted by atomic mass is 10.1. The summed E-state index contributed by atoms with van der Waals surface area (Å²) in [6, 6.07) is 2.29. The first kappa shape index (κ1) is 20.8. The Hall–Kier alpha value is -2.44. The normalized spacial score (nSPS) is 20.0. The second-order valence-electron chi connectivity index (χ2n) is 8.94. The van der Waals surface area contributed by atoms with Crippen molar-refractivity contribution in [2.75, 3.05) is 6.54 Å². The van der Waals surface area contributed by atoms with Crippen molar-refractivity contribution in [3.63, 3.8) is 0 Å². The molecular formula is C23H33N5O2. The van der Waals surface area contributed by atoms with Gasteiger partial charge in [0, 0.05) is 42.4 Å². The fourth-order valence-electron chi connectivity index (χ4n) is 4.46. The molecule has 0 spiro atoms. The molecule has 0 radical (unpaired) electrons. The van der Waals surface area contributed by atoms with E-state index >= 15 is 0 Å². The van der Waals surface area contributed by atoms with Gasteiger partial charge >= 0.3 is 0 Å². The van der Waals surface area contributed by atoms with Gasteiger partial charge in [-0.15, -0.1) is 0 Å². The van der Waals surface area contributed by atoms with Gasteiger partial charge in [0.25, 0.3) is 0 Å². The smallest absolute Gasteiger partial charge is 0.226 e. The number of likely N-dealkylation sites (tertiary alicyclic amines) is 1. The van der Waals surface area contributed by atoms with E-state index in [1.54, 1.807) is 0 Å². The van der Waals surface area contributed by atoms with Gasteiger partial charge in [-0.1, -0.05) is 6.92 Å². The summed E-state index contributed by atoms with van der Waals surface area (Å²) in [5.74, 6) is 0.603. The van der Waals surface area contributed by atoms with Crippen LogP contribution in [0.2, 0.25) is 0 Å². The van der Waals surface area contributed by atoms with Crippen molar-refractivity contribution in [3.8, 4) is 0 Å². The molecule has 3 heterocycles. The minimum atomic E-state index is 0.0595. The van der Waals surface area contributed by atoms with Crippen LogP contribution in [-0.4, -0.2) is 43.9 Å². The predicted molar refractivity (Wildman–Crippen MR) is 115 cm³/mol. The Morgan fingerprint density at radius 3 is 2.73 bits per heavy atom. The van der Waals surface area contributed by atoms with Crippen molar-refractivity contribution in [1.29, 1.82) is 0 Å². The Bertz CT molecular complexity index is 962. The summed E-state index contributed by atoms with van der Waals surface area (Å²) in [5.41, 5.74) is 4.80. The fourth-order valence-corrected chi connectivity index (χ4v) is 4.46. The Balaban J connectivity index is 1.55. The fraction of sp³-hybridized carbons (Fsp3) is 0.652. The first-order valence-electron chi connectivity index (χ1n) is 11.3. The lowest BCUT2D eigenvalue weighted by Gasteiger charge is -2.23. The number of aryl methyl sites for hydroxylation is 2. The molecule has 162 valence electrons. The van der Waals surface area contributed by atoms with E-state index in [1.165, 1.54) is 0 Å². The molecule has 2 unspecified atom stereocenters. The molecule has 2 fully saturated rings. The Labute approximate surface area is 178 Å². The van der Waals surface area contributed by atoms with Crippen molar-refractivity contribution in [1.82, 2.24) is 24.8 Å². The lowest BCUT2D eigenvalue weighted by molar-refractivity contribution is -0.133. The van der Waals surface area contributed by atoms with E-state index in [2.05, 4.69) is 12.2 Å². The molecule has 30 heavy (non-hydrogen) atoms. The molecule has 2 atom stereocenters. The molecule has 1 N–H and O–H groups in total. The van der Waals surface area contributed by atoms with Gasteiger partial charge in [-0.05, 0) is 64.9 Å². The molecule has 2 amide bonds. The highest BCUT2D eigenvalue weighted by atomic mass is 16.2. The number of nitrogens with zero attached hydrogens (tertiary/aromatic N) is 4. The molecular weight excluding hydrogens is 378 g/mol. The van der Waals surface area contributed by atoms with Crippen LogP contribution in [0.25, 0.3) is 5.65 Å². The third-order valence-electron chi connectivity index (χ3n) is 6.61. The first-order chi connectivity index (χ1) is 14.4. The molecule has 2 aromatic heterocycles. The van der Waals surface area contributed by atoms with Crippen molar-refractivity contribution < 1.29 is 9.59 Å². The van der Waals surface area contributed by atoms with Crippen molar-refractivity contribution >= 4 is 17.5 Å². The van der Waals surface area contributed by atoms with Crippen LogP contribution in [0.15, 0.2) is 6.07 Å². The average Bonchev–Trinajstić information content (AvgIpc) is 3.29. The summed E-state index contributed by atoms with van der Waals surface area (Å²) in [5, 5.41) is 7.88. The highest BCUT2D eigenvalue weighted by Gasteiger charge is 2.39. The summed E-state index contributed by atoms with van der Waals surface area (Å²) in [4.78, 5) is 31.7. The SMILES string of the molecule is CCC(C)NC(=O)CCc1c(C)nc2cc(C3CCCN3C(=O)C3CC3)nn2c1C. The van der Waals surface area contributed by atoms with Crippen molar-refractivity contribution in [2.45, 2.75) is 84.7 Å². The number of hydrogen-bond donors (Lipinski definition) is 1. The largest absolute Gasteiger partial charge is 0.354 e. The Kier molecular flexibility index (Phi) is 5.80. The number of nitrogens with one attached hydrogen (secondary N) is 1. The van der Waals surface area contributed by atoms with Crippen LogP contribution in [0.1, 0.15) is 81.1 Å². The van der Waals surface area contributed by atoms with E-state index in [9.17, 15) is 9.59 Å². The highest BCUT2D eigenvalue weighted by molar-refractivity contribution is 5.81. The van der Waals surface area contributed by atoms with E-state index < -0.39 is 0 Å². The molecule has 2 aromatic rings. The van der Waals surface area contributed by atoms with E-state index in [0.717, 1.165) is 66.9 Å². The summed E-state index contributed by atoms with van der Waals surface area (Å²) < 4.78 is 1.89. The highest BCUT2D eigenvalue weighted by Crippen LogP contribution is 2.38. The summed E-state index contributed by atoms with van der Waals surface area (Å²) in [6.07, 6.45) is 6.06. The minimum absolute atomic E-state index is 0.0595. The summed E-state index contributed by atoms with van der Waals surface area (Å²) in [6.45, 7) is 8.96. The molecule has 1 saturated carbocycles. The van der Waals surface area contributed by atoms with Gasteiger partial charge in [0.1, 0.15) is 0 Å². The molecule has 4 rings (SSSR count). The van der Waals surface area contributed by atoms with Crippen LogP contribution in [0, 0.1) is 19.8 Å². The van der Waals surface area contributed by atoms with E-state index in [1.807, 2.05) is 36.3 Å². The number of carbonyl (C=O) groups excluding carboxylic acids is 2. The summed E-state index contributed by atoms with van der Waals surface area (Å²) >= 11 is 0. The zero-order chi connectivity index (χ0) is 21.4. The maximum Gasteiger partial charge on any atom is 0.226 e. The Morgan fingerprint density at radius 1 is 1.27 bits per heavy atom. The van der Waals surface area contributed by atoms with Gasteiger partial charge in [-0.2, -0.15) is 5.10 Å². The number of fused-ring (bicyclic) bond motifs is 1. The third kappa shape index (κ3) is 4.07. The number of amides is 2. The number of hydrogen-bond acceptors (Lipinski definition) is 4. The maximum absolute atomic E-state index is 12.7. The lowest BCUT2D eigenvalue weighted by Crippen LogP contribution is -2.32. The van der Waals surface area contributed by atoms with Crippen molar-refractivity contribution in [2.24, 2.45) is 5.92 Å². The Morgan fingerprint density at radius 2 is 2.03 bits per heavy atom. The maximum atomic E-state index is 12.7. The quantitative estimate of drug-likeness (QED) is 0.758. The first-order valence-corrected chi connectivity index (χ1v) is 11.3. The van der Waals surface area contributed by atoms with Crippen molar-refractivity contribution in [3.05, 3.63) is 28.7 Å². The number of carbonyl (C=O) groups is 2. The molecule has 0 aromatic carbocycles. The van der Waals surface area contributed by atoms with Gasteiger partial charge in [0.2, 0.25) is 11.8 Å². The van der Waals surface area contributed by atoms with Gasteiger partial charge < -0.3 is 10.2 Å². The second kappa shape index (κ2) is 8.36. The number of rotatable bonds is 7. The minimum Gasteiger partial charge on any atom is -0.354 e. The van der Waals surface area contributed by atoms with Crippen LogP contribution < -0.4 is 5.32 Å². The van der Waals surface area contributed by atoms with Crippen LogP contribution >= 0.6 is 0 Å². The topological polar surface area (TPSA) is 79.6 Å². The molecule has 1 aliphatic carbocycles. The van der Waals surface area contributed by atoms with Gasteiger partial charge in [-0.25, -0.2) is 9.50 Å². The molecule has 1 saturated heterocycles. The monoisotopic (exact) mass is 411 g/mol. The number of aromatic nitrogens is 3. The standard InChI is InChI=1S/C23H33N5O2/c1-5-14(2)24-22(29)11-10-18-15(3)25-21-13-19(26-28(21)16(18)4)20-7-6-12-27(20)23(30)17-8-9-17/h13-14,17,20H,5-12H2,1-4H3,(H,24,29). The van der Waals surface area contributed by atoms with E-state index in [4.69, 9.17) is 10.1 Å². The van der Waals surface area contributed by atoms with E-state index in [-0.39, 0.29) is 23.9 Å². The van der Waals surface area contributed by atoms with Gasteiger partial charge in [0.05, 0.1) is 11.7 Å². The molecule has 7 heteroatoms. The zero-order valence-corrected chi connectivity index (χ0v) is 18.6. The van der Waals surface area contributed by atoms with Crippen LogP contribution in [-0.2, 0) is 16.0 Å². The third-order valence-corrected chi connectivity index (χ3v) is 6.61. The van der Waals surface area contributed by atoms with Crippen LogP contribution in [0.5, 0.6) is 0 Å². The molecule has 7 nitrogen and oxygen atoms in total. The predicted octanol–water partition coefficient (Wildman–Crippen LogP) is 3.27. The molecule has 1 aliphatic heterocycles. The average molecular weight is 412 g/mol. The second-order valence-corrected chi connectivity index (χ2v) is 8.94. The summed E-state index contributed by atoms with van der Waals surface area (Å²) in [7, 11) is 0. The van der Waals surface area contributed by atoms with Crippen LogP contribution in [0.4, 0.5) is 0 Å². The molecule has 0 bridgehead atoms. The van der Waals surface area contributed by atoms with Gasteiger partial charge in [0.15, 0.2) is 5.65 Å². The van der Waals surface area contributed by atoms with Gasteiger partial charge in [-0.3, -0.25) is 9.59 Å². The van der Waals surface area contributed by atoms with E-state index in [0.29, 0.717) is 18.7 Å². The van der Waals surface area contributed by atoms with Crippen LogP contribution in [0.3, 0.4) is 0 Å².